The molecule has 1 amide bonds. The van der Waals surface area contributed by atoms with Crippen molar-refractivity contribution in [1.82, 2.24) is 10.3 Å². The Labute approximate surface area is 213 Å². The van der Waals surface area contributed by atoms with Crippen molar-refractivity contribution in [1.29, 1.82) is 0 Å². The molecule has 2 aliphatic rings. The van der Waals surface area contributed by atoms with E-state index in [-0.39, 0.29) is 31.0 Å². The van der Waals surface area contributed by atoms with E-state index in [9.17, 15) is 31.9 Å². The molecule has 1 aliphatic carbocycles. The van der Waals surface area contributed by atoms with Crippen molar-refractivity contribution < 1.29 is 36.6 Å². The molecule has 37 heavy (non-hydrogen) atoms. The van der Waals surface area contributed by atoms with Gasteiger partial charge in [-0.2, -0.15) is 8.78 Å². The molecule has 1 aromatic carbocycles. The minimum Gasteiger partial charge on any atom is -0.481 e. The second-order valence-corrected chi connectivity index (χ2v) is 12.3. The number of aromatic nitrogens is 1. The van der Waals surface area contributed by atoms with Crippen LogP contribution in [0.4, 0.5) is 14.5 Å². The predicted molar refractivity (Wildman–Crippen MR) is 131 cm³/mol. The number of halogens is 2. The summed E-state index contributed by atoms with van der Waals surface area (Å²) in [5, 5.41) is 13.4. The number of pyridine rings is 1. The van der Waals surface area contributed by atoms with E-state index < -0.39 is 56.2 Å². The monoisotopic (exact) mass is 537 g/mol. The zero-order chi connectivity index (χ0) is 27.2. The Morgan fingerprint density at radius 2 is 1.89 bits per heavy atom. The molecule has 0 bridgehead atoms. The molecule has 0 spiro atoms. The van der Waals surface area contributed by atoms with E-state index in [1.165, 1.54) is 12.1 Å². The Balaban J connectivity index is 1.83. The maximum absolute atomic E-state index is 14.0. The number of ether oxygens (including phenoxy) is 1. The number of rotatable bonds is 10. The lowest BCUT2D eigenvalue weighted by Crippen LogP contribution is -2.74. The molecule has 2 unspecified atom stereocenters. The maximum Gasteiger partial charge on any atom is 0.388 e. The van der Waals surface area contributed by atoms with Gasteiger partial charge in [-0.05, 0) is 48.9 Å². The summed E-state index contributed by atoms with van der Waals surface area (Å²) in [5.41, 5.74) is -0.192. The molecular weight excluding hydrogens is 508 g/mol. The number of carboxylic acids is 1. The lowest BCUT2D eigenvalue weighted by molar-refractivity contribution is -0.137. The van der Waals surface area contributed by atoms with Gasteiger partial charge >= 0.3 is 12.6 Å². The van der Waals surface area contributed by atoms with Crippen LogP contribution in [-0.4, -0.2) is 53.7 Å². The van der Waals surface area contributed by atoms with Gasteiger partial charge in [-0.1, -0.05) is 38.1 Å². The number of carboxylic acid groups (broad SMARTS) is 1. The van der Waals surface area contributed by atoms with Crippen molar-refractivity contribution in [3.63, 3.8) is 0 Å². The summed E-state index contributed by atoms with van der Waals surface area (Å²) < 4.78 is 56.9. The number of sulfone groups is 1. The van der Waals surface area contributed by atoms with Crippen LogP contribution in [0.3, 0.4) is 0 Å². The number of alkyl halides is 2. The Kier molecular flexibility index (Phi) is 7.02. The number of aryl methyl sites for hydroxylation is 1. The third-order valence-electron chi connectivity index (χ3n) is 7.13. The Morgan fingerprint density at radius 1 is 1.22 bits per heavy atom. The lowest BCUT2D eigenvalue weighted by atomic mass is 9.70. The summed E-state index contributed by atoms with van der Waals surface area (Å²) in [6, 6.07) is 9.83. The van der Waals surface area contributed by atoms with Gasteiger partial charge in [0, 0.05) is 12.2 Å². The average molecular weight is 538 g/mol. The lowest BCUT2D eigenvalue weighted by Gasteiger charge is -2.50. The van der Waals surface area contributed by atoms with Crippen molar-refractivity contribution in [3.05, 3.63) is 53.2 Å². The van der Waals surface area contributed by atoms with Crippen molar-refractivity contribution in [2.75, 3.05) is 11.9 Å². The van der Waals surface area contributed by atoms with E-state index in [0.717, 1.165) is 5.56 Å². The van der Waals surface area contributed by atoms with E-state index in [4.69, 9.17) is 0 Å². The molecule has 2 fully saturated rings. The Hall–Kier alpha value is -3.12. The molecule has 1 saturated carbocycles. The largest absolute Gasteiger partial charge is 0.481 e. The molecule has 0 radical (unpaired) electrons. The number of hydrogen-bond acceptors (Lipinski definition) is 7. The SMILES string of the molecule is Cc1ccc(NC(=O)C2(c3ccccc3C(C)C)CNC2S(=O)(=O)C2(CC(=O)O)CC2)c(OC(F)F)n1. The molecule has 12 heteroatoms. The van der Waals surface area contributed by atoms with Crippen LogP contribution in [-0.2, 0) is 24.8 Å². The minimum atomic E-state index is -4.18. The molecular formula is C25H29F2N3O6S. The van der Waals surface area contributed by atoms with Crippen LogP contribution >= 0.6 is 0 Å². The molecule has 2 atom stereocenters. The van der Waals surface area contributed by atoms with Crippen LogP contribution in [0.25, 0.3) is 0 Å². The maximum atomic E-state index is 14.0. The van der Waals surface area contributed by atoms with Crippen LogP contribution in [0.1, 0.15) is 55.8 Å². The molecule has 1 saturated heterocycles. The Morgan fingerprint density at radius 3 is 2.43 bits per heavy atom. The summed E-state index contributed by atoms with van der Waals surface area (Å²) in [5.74, 6) is -2.55. The standard InChI is InChI=1S/C25H29F2N3O6S/c1-14(2)16-6-4-5-7-17(16)25(13-28-22(25)37(34,35)24(10-11-24)12-19(31)32)21(33)30-18-9-8-15(3)29-20(18)36-23(26)27/h4-9,14,22-23,28H,10-13H2,1-3H3,(H,30,33)(H,31,32). The number of nitrogens with zero attached hydrogens (tertiary/aromatic N) is 1. The molecule has 1 aliphatic heterocycles. The summed E-state index contributed by atoms with van der Waals surface area (Å²) in [6.45, 7) is 2.14. The zero-order valence-electron chi connectivity index (χ0n) is 20.6. The molecule has 1 aromatic heterocycles. The second kappa shape index (κ2) is 9.64. The van der Waals surface area contributed by atoms with Gasteiger partial charge in [-0.3, -0.25) is 14.9 Å². The van der Waals surface area contributed by atoms with Crippen LogP contribution < -0.4 is 15.4 Å². The van der Waals surface area contributed by atoms with Gasteiger partial charge < -0.3 is 15.2 Å². The number of hydrogen-bond donors (Lipinski definition) is 3. The first-order chi connectivity index (χ1) is 17.3. The topological polar surface area (TPSA) is 135 Å². The number of anilines is 1. The van der Waals surface area contributed by atoms with Gasteiger partial charge in [0.25, 0.3) is 0 Å². The van der Waals surface area contributed by atoms with Gasteiger partial charge in [-0.25, -0.2) is 13.4 Å². The van der Waals surface area contributed by atoms with Crippen molar-refractivity contribution in [2.45, 2.75) is 68.1 Å². The number of benzene rings is 1. The molecule has 9 nitrogen and oxygen atoms in total. The van der Waals surface area contributed by atoms with Crippen LogP contribution in [0, 0.1) is 6.92 Å². The fourth-order valence-electron chi connectivity index (χ4n) is 4.99. The van der Waals surface area contributed by atoms with Crippen LogP contribution in [0.5, 0.6) is 5.88 Å². The fourth-order valence-corrected chi connectivity index (χ4v) is 7.64. The quantitative estimate of drug-likeness (QED) is 0.420. The predicted octanol–water partition coefficient (Wildman–Crippen LogP) is 3.34. The van der Waals surface area contributed by atoms with Gasteiger partial charge in [0.15, 0.2) is 9.84 Å². The first-order valence-corrected chi connectivity index (χ1v) is 13.4. The average Bonchev–Trinajstić information content (AvgIpc) is 3.55. The van der Waals surface area contributed by atoms with E-state index in [2.05, 4.69) is 20.4 Å². The highest BCUT2D eigenvalue weighted by molar-refractivity contribution is 7.93. The summed E-state index contributed by atoms with van der Waals surface area (Å²) in [7, 11) is -4.18. The van der Waals surface area contributed by atoms with Gasteiger partial charge in [0.05, 0.1) is 11.2 Å². The summed E-state index contributed by atoms with van der Waals surface area (Å²) in [6.07, 6.45) is -0.208. The summed E-state index contributed by atoms with van der Waals surface area (Å²) in [4.78, 5) is 29.5. The van der Waals surface area contributed by atoms with Crippen molar-refractivity contribution >= 4 is 27.4 Å². The van der Waals surface area contributed by atoms with E-state index in [1.807, 2.05) is 13.8 Å². The molecule has 2 aromatic rings. The van der Waals surface area contributed by atoms with Crippen LogP contribution in [0.2, 0.25) is 0 Å². The van der Waals surface area contributed by atoms with Crippen LogP contribution in [0.15, 0.2) is 36.4 Å². The number of amides is 1. The normalized spacial score (nSPS) is 22.4. The highest BCUT2D eigenvalue weighted by Gasteiger charge is 2.68. The molecule has 2 heterocycles. The van der Waals surface area contributed by atoms with Crippen molar-refractivity contribution in [2.24, 2.45) is 0 Å². The highest BCUT2D eigenvalue weighted by Crippen LogP contribution is 2.53. The number of carbonyl (C=O) groups is 2. The number of aliphatic carboxylic acids is 1. The second-order valence-electron chi connectivity index (χ2n) is 9.91. The van der Waals surface area contributed by atoms with E-state index >= 15 is 0 Å². The van der Waals surface area contributed by atoms with E-state index in [0.29, 0.717) is 11.3 Å². The smallest absolute Gasteiger partial charge is 0.388 e. The number of nitrogens with one attached hydrogen (secondary N) is 2. The van der Waals surface area contributed by atoms with Gasteiger partial charge in [-0.15, -0.1) is 0 Å². The molecule has 4 rings (SSSR count). The molecule has 3 N–H and O–H groups in total. The molecule has 200 valence electrons. The first kappa shape index (κ1) is 26.9. The zero-order valence-corrected chi connectivity index (χ0v) is 21.4. The third kappa shape index (κ3) is 4.68. The fraction of sp³-hybridized carbons (Fsp3) is 0.480. The van der Waals surface area contributed by atoms with Gasteiger partial charge in [0.1, 0.15) is 16.5 Å². The van der Waals surface area contributed by atoms with Crippen molar-refractivity contribution in [3.8, 4) is 5.88 Å². The van der Waals surface area contributed by atoms with E-state index in [1.54, 1.807) is 31.2 Å². The Bertz CT molecular complexity index is 1330. The first-order valence-electron chi connectivity index (χ1n) is 11.9. The minimum absolute atomic E-state index is 0.0556. The summed E-state index contributed by atoms with van der Waals surface area (Å²) >= 11 is 0. The highest BCUT2D eigenvalue weighted by atomic mass is 32.2. The number of carbonyl (C=O) groups excluding carboxylic acids is 1. The third-order valence-corrected chi connectivity index (χ3v) is 10.1. The van der Waals surface area contributed by atoms with Gasteiger partial charge in [0.2, 0.25) is 11.8 Å².